The maximum atomic E-state index is 11.9. The van der Waals surface area contributed by atoms with E-state index in [-0.39, 0.29) is 12.5 Å². The summed E-state index contributed by atoms with van der Waals surface area (Å²) in [6.07, 6.45) is 3.86. The molecule has 1 saturated heterocycles. The zero-order chi connectivity index (χ0) is 11.4. The Labute approximate surface area is 94.5 Å². The van der Waals surface area contributed by atoms with Crippen molar-refractivity contribution in [3.63, 3.8) is 0 Å². The number of carbonyl (C=O) groups excluding carboxylic acids is 1. The van der Waals surface area contributed by atoms with Gasteiger partial charge in [-0.1, -0.05) is 0 Å². The molecule has 2 rings (SSSR count). The van der Waals surface area contributed by atoms with Gasteiger partial charge in [-0.15, -0.1) is 0 Å². The molecule has 2 N–H and O–H groups in total. The Morgan fingerprint density at radius 3 is 3.25 bits per heavy atom. The van der Waals surface area contributed by atoms with Gasteiger partial charge in [-0.25, -0.2) is 0 Å². The van der Waals surface area contributed by atoms with Crippen molar-refractivity contribution in [3.05, 3.63) is 18.0 Å². The summed E-state index contributed by atoms with van der Waals surface area (Å²) in [6.45, 7) is 1.82. The lowest BCUT2D eigenvalue weighted by atomic mass is 10.1. The topological polar surface area (TPSA) is 69.2 Å². The van der Waals surface area contributed by atoms with Gasteiger partial charge in [-0.2, -0.15) is 5.10 Å². The number of nitrogens with zero attached hydrogens (tertiary/aromatic N) is 2. The van der Waals surface area contributed by atoms with E-state index in [2.05, 4.69) is 10.2 Å². The molecule has 5 nitrogen and oxygen atoms in total. The molecule has 0 spiro atoms. The fraction of sp³-hybridized carbons (Fsp3) is 0.636. The first kappa shape index (κ1) is 11.1. The summed E-state index contributed by atoms with van der Waals surface area (Å²) in [4.78, 5) is 13.8. The van der Waals surface area contributed by atoms with E-state index in [1.165, 1.54) is 0 Å². The van der Waals surface area contributed by atoms with Crippen LogP contribution in [0.3, 0.4) is 0 Å². The molecule has 88 valence electrons. The molecule has 1 aromatic rings. The molecule has 1 fully saturated rings. The van der Waals surface area contributed by atoms with E-state index in [4.69, 9.17) is 5.11 Å². The molecule has 1 aromatic heterocycles. The molecule has 1 aliphatic rings. The molecule has 1 unspecified atom stereocenters. The van der Waals surface area contributed by atoms with Crippen molar-refractivity contribution in [1.82, 2.24) is 15.1 Å². The minimum absolute atomic E-state index is 0.143. The lowest BCUT2D eigenvalue weighted by Gasteiger charge is -2.15. The van der Waals surface area contributed by atoms with Gasteiger partial charge in [0.2, 0.25) is 5.91 Å². The van der Waals surface area contributed by atoms with Crippen molar-refractivity contribution >= 4 is 5.91 Å². The van der Waals surface area contributed by atoms with Crippen molar-refractivity contribution in [2.24, 2.45) is 5.92 Å². The Hall–Kier alpha value is -1.36. The SMILES string of the molecule is O=C(Cc1ccn[nH]1)N1CCC(CCO)C1. The number of aliphatic hydroxyl groups excluding tert-OH is 1. The first-order valence-corrected chi connectivity index (χ1v) is 5.66. The van der Waals surface area contributed by atoms with Crippen LogP contribution in [0.5, 0.6) is 0 Å². The summed E-state index contributed by atoms with van der Waals surface area (Å²) in [7, 11) is 0. The highest BCUT2D eigenvalue weighted by atomic mass is 16.3. The molecule has 1 aliphatic heterocycles. The third-order valence-corrected chi connectivity index (χ3v) is 3.08. The Kier molecular flexibility index (Phi) is 3.56. The van der Waals surface area contributed by atoms with Crippen molar-refractivity contribution in [1.29, 1.82) is 0 Å². The smallest absolute Gasteiger partial charge is 0.228 e. The fourth-order valence-electron chi connectivity index (χ4n) is 2.14. The molecule has 1 atom stereocenters. The average molecular weight is 223 g/mol. The minimum Gasteiger partial charge on any atom is -0.396 e. The van der Waals surface area contributed by atoms with Crippen LogP contribution < -0.4 is 0 Å². The third kappa shape index (κ3) is 2.61. The molecular weight excluding hydrogens is 206 g/mol. The number of carbonyl (C=O) groups is 1. The van der Waals surface area contributed by atoms with Gasteiger partial charge in [0.25, 0.3) is 0 Å². The molecule has 5 heteroatoms. The van der Waals surface area contributed by atoms with Crippen molar-refractivity contribution in [2.75, 3.05) is 19.7 Å². The zero-order valence-electron chi connectivity index (χ0n) is 9.22. The van der Waals surface area contributed by atoms with E-state index in [0.717, 1.165) is 31.6 Å². The summed E-state index contributed by atoms with van der Waals surface area (Å²) < 4.78 is 0. The van der Waals surface area contributed by atoms with Crippen LogP contribution >= 0.6 is 0 Å². The largest absolute Gasteiger partial charge is 0.396 e. The van der Waals surface area contributed by atoms with Gasteiger partial charge >= 0.3 is 0 Å². The van der Waals surface area contributed by atoms with Crippen molar-refractivity contribution in [3.8, 4) is 0 Å². The number of hydrogen-bond donors (Lipinski definition) is 2. The molecule has 1 amide bonds. The number of aromatic amines is 1. The van der Waals surface area contributed by atoms with Crippen LogP contribution in [-0.4, -0.2) is 45.8 Å². The highest BCUT2D eigenvalue weighted by molar-refractivity contribution is 5.78. The highest BCUT2D eigenvalue weighted by Gasteiger charge is 2.25. The minimum atomic E-state index is 0.143. The lowest BCUT2D eigenvalue weighted by molar-refractivity contribution is -0.129. The summed E-state index contributed by atoms with van der Waals surface area (Å²) in [5.41, 5.74) is 0.857. The molecule has 0 bridgehead atoms. The summed E-state index contributed by atoms with van der Waals surface area (Å²) in [6, 6.07) is 1.82. The number of hydrogen-bond acceptors (Lipinski definition) is 3. The van der Waals surface area contributed by atoms with Crippen LogP contribution in [0.2, 0.25) is 0 Å². The highest BCUT2D eigenvalue weighted by Crippen LogP contribution is 2.19. The van der Waals surface area contributed by atoms with Crippen molar-refractivity contribution < 1.29 is 9.90 Å². The van der Waals surface area contributed by atoms with Gasteiger partial charge in [0.15, 0.2) is 0 Å². The van der Waals surface area contributed by atoms with E-state index in [1.807, 2.05) is 11.0 Å². The van der Waals surface area contributed by atoms with Crippen LogP contribution in [0.15, 0.2) is 12.3 Å². The van der Waals surface area contributed by atoms with Gasteiger partial charge in [0.1, 0.15) is 0 Å². The first-order valence-electron chi connectivity index (χ1n) is 5.66. The quantitative estimate of drug-likeness (QED) is 0.765. The molecule has 0 aromatic carbocycles. The standard InChI is InChI=1S/C11H17N3O2/c15-6-3-9-2-5-14(8-9)11(16)7-10-1-4-12-13-10/h1,4,9,15H,2-3,5-8H2,(H,12,13). The second kappa shape index (κ2) is 5.12. The number of amides is 1. The maximum Gasteiger partial charge on any atom is 0.228 e. The Morgan fingerprint density at radius 2 is 2.56 bits per heavy atom. The second-order valence-corrected chi connectivity index (χ2v) is 4.27. The predicted molar refractivity (Wildman–Crippen MR) is 58.7 cm³/mol. The van der Waals surface area contributed by atoms with E-state index >= 15 is 0 Å². The molecular formula is C11H17N3O2. The van der Waals surface area contributed by atoms with E-state index in [9.17, 15) is 4.79 Å². The molecule has 0 radical (unpaired) electrons. The zero-order valence-corrected chi connectivity index (χ0v) is 9.22. The number of aliphatic hydroxyl groups is 1. The molecule has 16 heavy (non-hydrogen) atoms. The predicted octanol–water partition coefficient (Wildman–Crippen LogP) is 0.183. The number of H-pyrrole nitrogens is 1. The van der Waals surface area contributed by atoms with Gasteiger partial charge in [-0.3, -0.25) is 9.89 Å². The third-order valence-electron chi connectivity index (χ3n) is 3.08. The Balaban J connectivity index is 1.83. The number of nitrogens with one attached hydrogen (secondary N) is 1. The lowest BCUT2D eigenvalue weighted by Crippen LogP contribution is -2.30. The molecule has 0 aliphatic carbocycles. The Bertz CT molecular complexity index is 337. The van der Waals surface area contributed by atoms with Gasteiger partial charge < -0.3 is 10.0 Å². The van der Waals surface area contributed by atoms with Gasteiger partial charge in [0, 0.05) is 31.6 Å². The number of aromatic nitrogens is 2. The number of likely N-dealkylation sites (tertiary alicyclic amines) is 1. The Morgan fingerprint density at radius 1 is 1.69 bits per heavy atom. The van der Waals surface area contributed by atoms with E-state index in [1.54, 1.807) is 6.20 Å². The van der Waals surface area contributed by atoms with Gasteiger partial charge in [-0.05, 0) is 24.8 Å². The number of rotatable bonds is 4. The summed E-state index contributed by atoms with van der Waals surface area (Å²) in [5.74, 6) is 0.611. The monoisotopic (exact) mass is 223 g/mol. The average Bonchev–Trinajstić information content (AvgIpc) is 2.89. The molecule has 2 heterocycles. The molecule has 0 saturated carbocycles. The van der Waals surface area contributed by atoms with E-state index in [0.29, 0.717) is 12.3 Å². The van der Waals surface area contributed by atoms with Crippen LogP contribution in [0.1, 0.15) is 18.5 Å². The maximum absolute atomic E-state index is 11.9. The normalized spacial score (nSPS) is 20.3. The van der Waals surface area contributed by atoms with Crippen LogP contribution in [0.4, 0.5) is 0 Å². The van der Waals surface area contributed by atoms with E-state index < -0.39 is 0 Å². The van der Waals surface area contributed by atoms with Crippen LogP contribution in [0.25, 0.3) is 0 Å². The van der Waals surface area contributed by atoms with Gasteiger partial charge in [0.05, 0.1) is 6.42 Å². The summed E-state index contributed by atoms with van der Waals surface area (Å²) in [5, 5.41) is 15.5. The van der Waals surface area contributed by atoms with Crippen LogP contribution in [0, 0.1) is 5.92 Å². The second-order valence-electron chi connectivity index (χ2n) is 4.27. The van der Waals surface area contributed by atoms with Crippen molar-refractivity contribution in [2.45, 2.75) is 19.3 Å². The summed E-state index contributed by atoms with van der Waals surface area (Å²) >= 11 is 0. The van der Waals surface area contributed by atoms with Crippen LogP contribution in [-0.2, 0) is 11.2 Å². The fourth-order valence-corrected chi connectivity index (χ4v) is 2.14. The first-order chi connectivity index (χ1) is 7.79.